The highest BCUT2D eigenvalue weighted by atomic mass is 35.5. The van der Waals surface area contributed by atoms with E-state index >= 15 is 0 Å². The second-order valence-corrected chi connectivity index (χ2v) is 4.76. The number of imidazole rings is 1. The maximum absolute atomic E-state index is 13.4. The van der Waals surface area contributed by atoms with E-state index in [2.05, 4.69) is 15.0 Å². The monoisotopic (exact) mass is 314 g/mol. The fourth-order valence-electron chi connectivity index (χ4n) is 1.91. The van der Waals surface area contributed by atoms with Crippen molar-refractivity contribution in [1.29, 1.82) is 0 Å². The summed E-state index contributed by atoms with van der Waals surface area (Å²) in [6.45, 7) is 1.69. The lowest BCUT2D eigenvalue weighted by Crippen LogP contribution is -2.05. The maximum atomic E-state index is 13.4. The van der Waals surface area contributed by atoms with E-state index in [9.17, 15) is 8.78 Å². The van der Waals surface area contributed by atoms with Crippen molar-refractivity contribution >= 4 is 34.2 Å². The standard InChI is InChI=1S/C12H6Cl2F2N4/c1-5-17-7-3-2-6(15)4-8(7)20(5)12-18-10(13)9(16)11(14)19-12/h2-4H,1H3. The smallest absolute Gasteiger partial charge is 0.238 e. The molecule has 8 heteroatoms. The van der Waals surface area contributed by atoms with E-state index in [-0.39, 0.29) is 5.95 Å². The lowest BCUT2D eigenvalue weighted by molar-refractivity contribution is 0.611. The summed E-state index contributed by atoms with van der Waals surface area (Å²) in [7, 11) is 0. The predicted molar refractivity (Wildman–Crippen MR) is 71.3 cm³/mol. The molecule has 0 saturated heterocycles. The molecule has 3 rings (SSSR count). The molecule has 0 saturated carbocycles. The van der Waals surface area contributed by atoms with Gasteiger partial charge in [-0.05, 0) is 19.1 Å². The zero-order valence-electron chi connectivity index (χ0n) is 10.0. The minimum absolute atomic E-state index is 0.0343. The molecule has 0 radical (unpaired) electrons. The molecule has 0 aliphatic rings. The van der Waals surface area contributed by atoms with Crippen LogP contribution >= 0.6 is 23.2 Å². The first kappa shape index (κ1) is 13.2. The SMILES string of the molecule is Cc1nc2ccc(F)cc2n1-c1nc(Cl)c(F)c(Cl)n1. The Kier molecular flexibility index (Phi) is 3.07. The summed E-state index contributed by atoms with van der Waals surface area (Å²) in [5.41, 5.74) is 1.00. The van der Waals surface area contributed by atoms with Crippen LogP contribution in [0.4, 0.5) is 8.78 Å². The molecule has 0 amide bonds. The average molecular weight is 315 g/mol. The third kappa shape index (κ3) is 2.01. The minimum atomic E-state index is -0.898. The topological polar surface area (TPSA) is 43.6 Å². The van der Waals surface area contributed by atoms with Gasteiger partial charge >= 0.3 is 0 Å². The lowest BCUT2D eigenvalue weighted by atomic mass is 10.3. The van der Waals surface area contributed by atoms with Gasteiger partial charge in [0.1, 0.15) is 11.6 Å². The molecule has 0 aliphatic heterocycles. The number of halogens is 4. The number of benzene rings is 1. The van der Waals surface area contributed by atoms with E-state index in [1.54, 1.807) is 6.92 Å². The third-order valence-electron chi connectivity index (χ3n) is 2.74. The predicted octanol–water partition coefficient (Wildman–Crippen LogP) is 3.71. The number of hydrogen-bond acceptors (Lipinski definition) is 3. The summed E-state index contributed by atoms with van der Waals surface area (Å²) in [6, 6.07) is 4.11. The minimum Gasteiger partial charge on any atom is -0.264 e. The quantitative estimate of drug-likeness (QED) is 0.643. The van der Waals surface area contributed by atoms with E-state index in [1.165, 1.54) is 22.8 Å². The number of fused-ring (bicyclic) bond motifs is 1. The van der Waals surface area contributed by atoms with Crippen molar-refractivity contribution in [1.82, 2.24) is 19.5 Å². The number of nitrogens with zero attached hydrogens (tertiary/aromatic N) is 4. The first-order valence-electron chi connectivity index (χ1n) is 5.51. The first-order chi connectivity index (χ1) is 9.47. The van der Waals surface area contributed by atoms with Gasteiger partial charge in [-0.2, -0.15) is 9.97 Å². The van der Waals surface area contributed by atoms with Crippen LogP contribution in [-0.2, 0) is 0 Å². The molecule has 2 aromatic heterocycles. The van der Waals surface area contributed by atoms with Crippen LogP contribution in [-0.4, -0.2) is 19.5 Å². The van der Waals surface area contributed by atoms with Crippen LogP contribution in [0.1, 0.15) is 5.82 Å². The summed E-state index contributed by atoms with van der Waals surface area (Å²) in [5.74, 6) is -0.792. The highest BCUT2D eigenvalue weighted by Crippen LogP contribution is 2.24. The van der Waals surface area contributed by atoms with E-state index in [4.69, 9.17) is 23.2 Å². The third-order valence-corrected chi connectivity index (χ3v) is 3.24. The van der Waals surface area contributed by atoms with Crippen molar-refractivity contribution in [3.8, 4) is 5.95 Å². The van der Waals surface area contributed by atoms with Gasteiger partial charge in [-0.1, -0.05) is 23.2 Å². The van der Waals surface area contributed by atoms with Crippen molar-refractivity contribution in [3.63, 3.8) is 0 Å². The molecule has 4 nitrogen and oxygen atoms in total. The van der Waals surface area contributed by atoms with Crippen molar-refractivity contribution in [2.24, 2.45) is 0 Å². The molecule has 0 spiro atoms. The van der Waals surface area contributed by atoms with Crippen molar-refractivity contribution in [2.45, 2.75) is 6.92 Å². The summed E-state index contributed by atoms with van der Waals surface area (Å²) in [5, 5.41) is -0.810. The van der Waals surface area contributed by atoms with Gasteiger partial charge in [0.25, 0.3) is 0 Å². The molecule has 1 aromatic carbocycles. The lowest BCUT2D eigenvalue weighted by Gasteiger charge is -2.06. The number of aromatic nitrogens is 4. The van der Waals surface area contributed by atoms with Gasteiger partial charge in [0.05, 0.1) is 11.0 Å². The molecule has 0 N–H and O–H groups in total. The zero-order chi connectivity index (χ0) is 14.4. The fraction of sp³-hybridized carbons (Fsp3) is 0.0833. The van der Waals surface area contributed by atoms with Crippen LogP contribution in [0, 0.1) is 18.6 Å². The largest absolute Gasteiger partial charge is 0.264 e. The first-order valence-corrected chi connectivity index (χ1v) is 6.26. The Balaban J connectivity index is 2.34. The van der Waals surface area contributed by atoms with Crippen LogP contribution in [0.15, 0.2) is 18.2 Å². The average Bonchev–Trinajstić information content (AvgIpc) is 2.70. The van der Waals surface area contributed by atoms with E-state index < -0.39 is 21.9 Å². The van der Waals surface area contributed by atoms with Crippen LogP contribution in [0.2, 0.25) is 10.3 Å². The van der Waals surface area contributed by atoms with Crippen molar-refractivity contribution in [3.05, 3.63) is 46.0 Å². The second-order valence-electron chi connectivity index (χ2n) is 4.05. The summed E-state index contributed by atoms with van der Waals surface area (Å²) in [6.07, 6.45) is 0. The molecule has 0 bridgehead atoms. The Hall–Kier alpha value is -1.79. The maximum Gasteiger partial charge on any atom is 0.238 e. The van der Waals surface area contributed by atoms with Crippen LogP contribution < -0.4 is 0 Å². The molecular weight excluding hydrogens is 309 g/mol. The van der Waals surface area contributed by atoms with Gasteiger partial charge in [0.15, 0.2) is 16.1 Å². The molecular formula is C12H6Cl2F2N4. The molecule has 20 heavy (non-hydrogen) atoms. The van der Waals surface area contributed by atoms with Crippen LogP contribution in [0.3, 0.4) is 0 Å². The Labute approximate surface area is 122 Å². The zero-order valence-corrected chi connectivity index (χ0v) is 11.5. The van der Waals surface area contributed by atoms with Crippen molar-refractivity contribution < 1.29 is 8.78 Å². The second kappa shape index (κ2) is 4.64. The molecule has 102 valence electrons. The van der Waals surface area contributed by atoms with Gasteiger partial charge in [0.2, 0.25) is 5.95 Å². The van der Waals surface area contributed by atoms with Gasteiger partial charge < -0.3 is 0 Å². The number of rotatable bonds is 1. The van der Waals surface area contributed by atoms with Crippen LogP contribution in [0.5, 0.6) is 0 Å². The van der Waals surface area contributed by atoms with Gasteiger partial charge in [-0.15, -0.1) is 0 Å². The van der Waals surface area contributed by atoms with Gasteiger partial charge in [0, 0.05) is 6.07 Å². The van der Waals surface area contributed by atoms with E-state index in [0.29, 0.717) is 16.9 Å². The molecule has 0 aliphatic carbocycles. The summed E-state index contributed by atoms with van der Waals surface area (Å²) in [4.78, 5) is 11.9. The highest BCUT2D eigenvalue weighted by Gasteiger charge is 2.16. The summed E-state index contributed by atoms with van der Waals surface area (Å²) < 4.78 is 28.2. The van der Waals surface area contributed by atoms with Gasteiger partial charge in [-0.25, -0.2) is 13.8 Å². The molecule has 3 aromatic rings. The fourth-order valence-corrected chi connectivity index (χ4v) is 2.28. The molecule has 0 unspecified atom stereocenters. The van der Waals surface area contributed by atoms with E-state index in [0.717, 1.165) is 0 Å². The number of hydrogen-bond donors (Lipinski definition) is 0. The van der Waals surface area contributed by atoms with Crippen molar-refractivity contribution in [2.75, 3.05) is 0 Å². The summed E-state index contributed by atoms with van der Waals surface area (Å²) >= 11 is 11.3. The number of aryl methyl sites for hydroxylation is 1. The normalized spacial score (nSPS) is 11.2. The van der Waals surface area contributed by atoms with E-state index in [1.807, 2.05) is 0 Å². The molecule has 0 atom stereocenters. The van der Waals surface area contributed by atoms with Gasteiger partial charge in [-0.3, -0.25) is 4.57 Å². The Morgan fingerprint density at radius 3 is 2.35 bits per heavy atom. The van der Waals surface area contributed by atoms with Crippen LogP contribution in [0.25, 0.3) is 17.0 Å². The highest BCUT2D eigenvalue weighted by molar-refractivity contribution is 6.33. The Bertz CT molecular complexity index is 809. The molecule has 2 heterocycles. The Morgan fingerprint density at radius 1 is 1.05 bits per heavy atom. The molecule has 0 fully saturated rings. The Morgan fingerprint density at radius 2 is 1.70 bits per heavy atom.